The molecule has 1 N–H and O–H groups in total. The minimum absolute atomic E-state index is 0.0763. The third-order valence-electron chi connectivity index (χ3n) is 4.93. The number of halogens is 1. The van der Waals surface area contributed by atoms with Gasteiger partial charge in [-0.25, -0.2) is 4.39 Å². The van der Waals surface area contributed by atoms with Crippen LogP contribution >= 0.6 is 0 Å². The van der Waals surface area contributed by atoms with Gasteiger partial charge in [0, 0.05) is 25.1 Å². The maximum Gasteiger partial charge on any atom is 0.271 e. The molecule has 1 aromatic rings. The van der Waals surface area contributed by atoms with E-state index in [1.54, 1.807) is 0 Å². The molecule has 26 heavy (non-hydrogen) atoms. The van der Waals surface area contributed by atoms with Crippen molar-refractivity contribution >= 4 is 29.1 Å². The van der Waals surface area contributed by atoms with E-state index in [1.165, 1.54) is 0 Å². The maximum atomic E-state index is 13.7. The van der Waals surface area contributed by atoms with Gasteiger partial charge in [-0.2, -0.15) is 0 Å². The lowest BCUT2D eigenvalue weighted by molar-refractivity contribution is -0.384. The molecule has 0 aromatic heterocycles. The molecule has 0 bridgehead atoms. The minimum atomic E-state index is -0.803. The van der Waals surface area contributed by atoms with Crippen molar-refractivity contribution in [1.82, 2.24) is 4.90 Å². The highest BCUT2D eigenvalue weighted by molar-refractivity contribution is 6.05. The van der Waals surface area contributed by atoms with Gasteiger partial charge in [0.05, 0.1) is 22.4 Å². The summed E-state index contributed by atoms with van der Waals surface area (Å²) in [6.07, 6.45) is 3.02. The van der Waals surface area contributed by atoms with Gasteiger partial charge in [-0.1, -0.05) is 12.8 Å². The van der Waals surface area contributed by atoms with Crippen molar-refractivity contribution in [3.63, 3.8) is 0 Å². The number of anilines is 1. The molecule has 9 heteroatoms. The van der Waals surface area contributed by atoms with E-state index in [-0.39, 0.29) is 48.0 Å². The van der Waals surface area contributed by atoms with Gasteiger partial charge in [0.1, 0.15) is 5.82 Å². The number of hydrogen-bond acceptors (Lipinski definition) is 5. The van der Waals surface area contributed by atoms with Crippen LogP contribution in [0.3, 0.4) is 0 Å². The fourth-order valence-electron chi connectivity index (χ4n) is 3.60. The van der Waals surface area contributed by atoms with Crippen LogP contribution in [0.5, 0.6) is 0 Å². The lowest BCUT2D eigenvalue weighted by Gasteiger charge is -2.19. The number of fused-ring (bicyclic) bond motifs is 1. The monoisotopic (exact) mass is 363 g/mol. The first-order valence-corrected chi connectivity index (χ1v) is 8.47. The van der Waals surface area contributed by atoms with Crippen molar-refractivity contribution < 1.29 is 23.7 Å². The number of nitrogens with zero attached hydrogens (tertiary/aromatic N) is 2. The van der Waals surface area contributed by atoms with Gasteiger partial charge in [-0.05, 0) is 18.9 Å². The lowest BCUT2D eigenvalue weighted by atomic mass is 9.81. The predicted octanol–water partition coefficient (Wildman–Crippen LogP) is 2.24. The summed E-state index contributed by atoms with van der Waals surface area (Å²) < 4.78 is 13.7. The average molecular weight is 363 g/mol. The molecular formula is C17H18FN3O5. The van der Waals surface area contributed by atoms with Crippen LogP contribution in [0.2, 0.25) is 0 Å². The summed E-state index contributed by atoms with van der Waals surface area (Å²) in [6.45, 7) is -0.0763. The molecule has 0 spiro atoms. The number of carbonyl (C=O) groups is 3. The van der Waals surface area contributed by atoms with Crippen LogP contribution < -0.4 is 5.32 Å². The molecule has 3 amide bonds. The van der Waals surface area contributed by atoms with E-state index in [0.717, 1.165) is 35.9 Å². The minimum Gasteiger partial charge on any atom is -0.323 e. The molecule has 1 heterocycles. The van der Waals surface area contributed by atoms with Gasteiger partial charge in [0.25, 0.3) is 5.69 Å². The number of imide groups is 1. The van der Waals surface area contributed by atoms with Crippen LogP contribution in [0.25, 0.3) is 0 Å². The summed E-state index contributed by atoms with van der Waals surface area (Å²) in [7, 11) is 0. The molecule has 1 aliphatic heterocycles. The average Bonchev–Trinajstić information content (AvgIpc) is 2.86. The number of rotatable bonds is 5. The summed E-state index contributed by atoms with van der Waals surface area (Å²) >= 11 is 0. The summed E-state index contributed by atoms with van der Waals surface area (Å²) in [5, 5.41) is 13.0. The van der Waals surface area contributed by atoms with E-state index in [2.05, 4.69) is 5.32 Å². The fraction of sp³-hybridized carbons (Fsp3) is 0.471. The Morgan fingerprint density at radius 3 is 2.42 bits per heavy atom. The second kappa shape index (κ2) is 7.19. The van der Waals surface area contributed by atoms with Gasteiger partial charge >= 0.3 is 0 Å². The number of hydrogen-bond donors (Lipinski definition) is 1. The Labute approximate surface area is 148 Å². The second-order valence-corrected chi connectivity index (χ2v) is 6.54. The topological polar surface area (TPSA) is 110 Å². The Morgan fingerprint density at radius 1 is 1.23 bits per heavy atom. The molecule has 1 aromatic carbocycles. The Balaban J connectivity index is 1.61. The predicted molar refractivity (Wildman–Crippen MR) is 88.5 cm³/mol. The van der Waals surface area contributed by atoms with Crippen molar-refractivity contribution in [2.24, 2.45) is 11.8 Å². The van der Waals surface area contributed by atoms with E-state index in [1.807, 2.05) is 0 Å². The first kappa shape index (κ1) is 18.0. The lowest BCUT2D eigenvalue weighted by Crippen LogP contribution is -2.34. The Morgan fingerprint density at radius 2 is 1.85 bits per heavy atom. The van der Waals surface area contributed by atoms with Crippen LogP contribution in [-0.4, -0.2) is 34.1 Å². The highest BCUT2D eigenvalue weighted by Crippen LogP contribution is 2.38. The fourth-order valence-corrected chi connectivity index (χ4v) is 3.60. The van der Waals surface area contributed by atoms with E-state index in [9.17, 15) is 28.9 Å². The summed E-state index contributed by atoms with van der Waals surface area (Å²) in [6, 6.07) is 2.81. The van der Waals surface area contributed by atoms with Gasteiger partial charge in [-0.3, -0.25) is 29.4 Å². The molecule has 1 saturated carbocycles. The zero-order valence-corrected chi connectivity index (χ0v) is 13.9. The molecule has 3 rings (SSSR count). The number of benzene rings is 1. The number of non-ortho nitro benzene ring substituents is 1. The molecule has 2 aliphatic rings. The zero-order chi connectivity index (χ0) is 18.8. The number of likely N-dealkylation sites (tertiary alicyclic amines) is 1. The third-order valence-corrected chi connectivity index (χ3v) is 4.93. The normalized spacial score (nSPS) is 22.3. The molecule has 8 nitrogen and oxygen atoms in total. The van der Waals surface area contributed by atoms with Crippen molar-refractivity contribution in [2.45, 2.75) is 32.1 Å². The van der Waals surface area contributed by atoms with Crippen molar-refractivity contribution in [1.29, 1.82) is 0 Å². The smallest absolute Gasteiger partial charge is 0.271 e. The molecular weight excluding hydrogens is 345 g/mol. The third kappa shape index (κ3) is 3.42. The number of nitro benzene ring substituents is 1. The SMILES string of the molecule is O=C(CCN1C(=O)[C@H]2CCCC[C@@H]2C1=O)Nc1cc([N+](=O)[O-])ccc1F. The Kier molecular flexibility index (Phi) is 4.97. The number of carbonyl (C=O) groups excluding carboxylic acids is 3. The molecule has 1 saturated heterocycles. The van der Waals surface area contributed by atoms with Gasteiger partial charge in [0.2, 0.25) is 17.7 Å². The Bertz CT molecular complexity index is 758. The van der Waals surface area contributed by atoms with E-state index in [4.69, 9.17) is 0 Å². The van der Waals surface area contributed by atoms with Crippen molar-refractivity contribution in [3.05, 3.63) is 34.1 Å². The number of amides is 3. The van der Waals surface area contributed by atoms with Gasteiger partial charge in [-0.15, -0.1) is 0 Å². The zero-order valence-electron chi connectivity index (χ0n) is 13.9. The van der Waals surface area contributed by atoms with Gasteiger partial charge < -0.3 is 5.32 Å². The van der Waals surface area contributed by atoms with Crippen LogP contribution in [0.15, 0.2) is 18.2 Å². The first-order valence-electron chi connectivity index (χ1n) is 8.47. The summed E-state index contributed by atoms with van der Waals surface area (Å²) in [5.41, 5.74) is -0.660. The van der Waals surface area contributed by atoms with Crippen LogP contribution in [0, 0.1) is 27.8 Å². The highest BCUT2D eigenvalue weighted by atomic mass is 19.1. The van der Waals surface area contributed by atoms with Crippen molar-refractivity contribution in [2.75, 3.05) is 11.9 Å². The standard InChI is InChI=1S/C17H18FN3O5/c18-13-6-5-10(21(25)26)9-14(13)19-15(22)7-8-20-16(23)11-3-1-2-4-12(11)17(20)24/h5-6,9,11-12H,1-4,7-8H2,(H,19,22)/t11-,12-/m0/s1. The maximum absolute atomic E-state index is 13.7. The van der Waals surface area contributed by atoms with Gasteiger partial charge in [0.15, 0.2) is 0 Å². The molecule has 2 fully saturated rings. The molecule has 1 aliphatic carbocycles. The summed E-state index contributed by atoms with van der Waals surface area (Å²) in [5.74, 6) is -2.48. The van der Waals surface area contributed by atoms with Crippen LogP contribution in [0.1, 0.15) is 32.1 Å². The van der Waals surface area contributed by atoms with Crippen LogP contribution in [-0.2, 0) is 14.4 Å². The second-order valence-electron chi connectivity index (χ2n) is 6.54. The quantitative estimate of drug-likeness (QED) is 0.490. The number of nitrogens with one attached hydrogen (secondary N) is 1. The highest BCUT2D eigenvalue weighted by Gasteiger charge is 2.47. The summed E-state index contributed by atoms with van der Waals surface area (Å²) in [4.78, 5) is 47.9. The van der Waals surface area contributed by atoms with E-state index in [0.29, 0.717) is 12.8 Å². The van der Waals surface area contributed by atoms with E-state index < -0.39 is 16.6 Å². The molecule has 0 radical (unpaired) electrons. The Hall–Kier alpha value is -2.84. The molecule has 0 unspecified atom stereocenters. The van der Waals surface area contributed by atoms with Crippen molar-refractivity contribution in [3.8, 4) is 0 Å². The van der Waals surface area contributed by atoms with E-state index >= 15 is 0 Å². The largest absolute Gasteiger partial charge is 0.323 e. The number of nitro groups is 1. The first-order chi connectivity index (χ1) is 12.4. The molecule has 138 valence electrons. The molecule has 2 atom stereocenters. The van der Waals surface area contributed by atoms with Crippen LogP contribution in [0.4, 0.5) is 15.8 Å².